The summed E-state index contributed by atoms with van der Waals surface area (Å²) in [5, 5.41) is 5.14. The average Bonchev–Trinajstić information content (AvgIpc) is 2.90. The number of fused-ring (bicyclic) bond motifs is 1. The van der Waals surface area contributed by atoms with Crippen molar-refractivity contribution in [2.24, 2.45) is 0 Å². The van der Waals surface area contributed by atoms with Crippen LogP contribution in [0.3, 0.4) is 0 Å². The number of thioether (sulfide) groups is 1. The van der Waals surface area contributed by atoms with Gasteiger partial charge in [-0.2, -0.15) is 13.8 Å². The van der Waals surface area contributed by atoms with Crippen molar-refractivity contribution in [2.45, 2.75) is 37.8 Å². The quantitative estimate of drug-likeness (QED) is 0.646. The second-order valence-electron chi connectivity index (χ2n) is 5.35. The SMILES string of the molecule is Cc1cc(C)n2nc(SC(C)c3ccc(OC(F)F)cc3)nc2n1. The minimum absolute atomic E-state index is 0.0596. The van der Waals surface area contributed by atoms with Gasteiger partial charge in [-0.25, -0.2) is 9.50 Å². The smallest absolute Gasteiger partial charge is 0.387 e. The Morgan fingerprint density at radius 1 is 1.12 bits per heavy atom. The first-order chi connectivity index (χ1) is 11.4. The van der Waals surface area contributed by atoms with Crippen LogP contribution in [-0.2, 0) is 0 Å². The van der Waals surface area contributed by atoms with Crippen molar-refractivity contribution >= 4 is 17.5 Å². The van der Waals surface area contributed by atoms with Crippen LogP contribution >= 0.6 is 11.8 Å². The molecule has 0 radical (unpaired) electrons. The van der Waals surface area contributed by atoms with Crippen molar-refractivity contribution in [1.82, 2.24) is 19.6 Å². The zero-order valence-electron chi connectivity index (χ0n) is 13.4. The van der Waals surface area contributed by atoms with E-state index in [1.807, 2.05) is 26.8 Å². The van der Waals surface area contributed by atoms with Crippen LogP contribution in [0.2, 0.25) is 0 Å². The second kappa shape index (κ2) is 6.72. The van der Waals surface area contributed by atoms with E-state index in [1.54, 1.807) is 16.6 Å². The summed E-state index contributed by atoms with van der Waals surface area (Å²) in [5.74, 6) is 0.718. The van der Waals surface area contributed by atoms with E-state index in [9.17, 15) is 8.78 Å². The Labute approximate surface area is 142 Å². The number of rotatable bonds is 5. The second-order valence-corrected chi connectivity index (χ2v) is 6.66. The molecule has 1 unspecified atom stereocenters. The normalized spacial score (nSPS) is 12.8. The van der Waals surface area contributed by atoms with E-state index < -0.39 is 6.61 Å². The summed E-state index contributed by atoms with van der Waals surface area (Å²) in [6, 6.07) is 8.54. The van der Waals surface area contributed by atoms with Gasteiger partial charge in [-0.05, 0) is 44.5 Å². The molecular weight excluding hydrogens is 334 g/mol. The van der Waals surface area contributed by atoms with Crippen LogP contribution in [0.4, 0.5) is 8.78 Å². The highest BCUT2D eigenvalue weighted by Crippen LogP contribution is 2.33. The number of aryl methyl sites for hydroxylation is 2. The Balaban J connectivity index is 1.77. The molecule has 0 aliphatic carbocycles. The molecule has 1 atom stereocenters. The minimum Gasteiger partial charge on any atom is -0.435 e. The lowest BCUT2D eigenvalue weighted by Crippen LogP contribution is -2.01. The third-order valence-corrected chi connectivity index (χ3v) is 4.47. The lowest BCUT2D eigenvalue weighted by Gasteiger charge is -2.10. The fraction of sp³-hybridized carbons (Fsp3) is 0.312. The van der Waals surface area contributed by atoms with E-state index in [4.69, 9.17) is 0 Å². The van der Waals surface area contributed by atoms with Gasteiger partial charge < -0.3 is 4.74 Å². The molecule has 8 heteroatoms. The van der Waals surface area contributed by atoms with Gasteiger partial charge in [0, 0.05) is 16.6 Å². The summed E-state index contributed by atoms with van der Waals surface area (Å²) in [7, 11) is 0. The van der Waals surface area contributed by atoms with Gasteiger partial charge in [0.05, 0.1) is 0 Å². The van der Waals surface area contributed by atoms with E-state index in [-0.39, 0.29) is 11.0 Å². The van der Waals surface area contributed by atoms with Crippen LogP contribution in [0.5, 0.6) is 5.75 Å². The van der Waals surface area contributed by atoms with Gasteiger partial charge >= 0.3 is 6.61 Å². The molecule has 3 rings (SSSR count). The molecule has 0 spiro atoms. The molecule has 2 heterocycles. The summed E-state index contributed by atoms with van der Waals surface area (Å²) in [6.45, 7) is 3.06. The predicted molar refractivity (Wildman–Crippen MR) is 87.6 cm³/mol. The van der Waals surface area contributed by atoms with Crippen LogP contribution in [0.25, 0.3) is 5.78 Å². The van der Waals surface area contributed by atoms with Crippen molar-refractivity contribution in [2.75, 3.05) is 0 Å². The highest BCUT2D eigenvalue weighted by Gasteiger charge is 2.14. The van der Waals surface area contributed by atoms with E-state index in [2.05, 4.69) is 19.8 Å². The Bertz CT molecular complexity index is 851. The molecule has 0 aliphatic heterocycles. The first-order valence-corrected chi connectivity index (χ1v) is 8.23. The standard InChI is InChI=1S/C16H16F2N4OS/c1-9-8-10(2)22-15(19-9)20-16(21-22)24-11(3)12-4-6-13(7-5-12)23-14(17)18/h4-8,11,14H,1-3H3. The zero-order valence-corrected chi connectivity index (χ0v) is 14.2. The molecule has 0 amide bonds. The first-order valence-electron chi connectivity index (χ1n) is 7.35. The molecule has 3 aromatic rings. The van der Waals surface area contributed by atoms with Crippen molar-refractivity contribution in [3.63, 3.8) is 0 Å². The van der Waals surface area contributed by atoms with Gasteiger partial charge in [-0.15, -0.1) is 5.10 Å². The summed E-state index contributed by atoms with van der Waals surface area (Å²) < 4.78 is 30.4. The highest BCUT2D eigenvalue weighted by atomic mass is 32.2. The molecule has 0 saturated carbocycles. The lowest BCUT2D eigenvalue weighted by molar-refractivity contribution is -0.0498. The van der Waals surface area contributed by atoms with Crippen molar-refractivity contribution in [3.05, 3.63) is 47.3 Å². The number of nitrogens with zero attached hydrogens (tertiary/aromatic N) is 4. The summed E-state index contributed by atoms with van der Waals surface area (Å²) in [5.41, 5.74) is 2.84. The fourth-order valence-electron chi connectivity index (χ4n) is 2.34. The number of benzene rings is 1. The fourth-order valence-corrected chi connectivity index (χ4v) is 3.22. The lowest BCUT2D eigenvalue weighted by atomic mass is 10.2. The first kappa shape index (κ1) is 16.6. The Kier molecular flexibility index (Phi) is 4.66. The van der Waals surface area contributed by atoms with Crippen molar-refractivity contribution in [1.29, 1.82) is 0 Å². The summed E-state index contributed by atoms with van der Waals surface area (Å²) >= 11 is 1.48. The molecule has 0 aliphatic rings. The number of aromatic nitrogens is 4. The van der Waals surface area contributed by atoms with Gasteiger partial charge in [0.2, 0.25) is 5.16 Å². The summed E-state index contributed by atoms with van der Waals surface area (Å²) in [4.78, 5) is 8.80. The topological polar surface area (TPSA) is 52.3 Å². The van der Waals surface area contributed by atoms with Crippen LogP contribution in [0.15, 0.2) is 35.5 Å². The van der Waals surface area contributed by atoms with Crippen molar-refractivity contribution < 1.29 is 13.5 Å². The van der Waals surface area contributed by atoms with Gasteiger partial charge in [0.25, 0.3) is 5.78 Å². The zero-order chi connectivity index (χ0) is 17.3. The van der Waals surface area contributed by atoms with Gasteiger partial charge in [-0.1, -0.05) is 23.9 Å². The summed E-state index contributed by atoms with van der Waals surface area (Å²) in [6.07, 6.45) is 0. The van der Waals surface area contributed by atoms with Crippen LogP contribution in [0, 0.1) is 13.8 Å². The largest absolute Gasteiger partial charge is 0.435 e. The van der Waals surface area contributed by atoms with Crippen molar-refractivity contribution in [3.8, 4) is 5.75 Å². The van der Waals surface area contributed by atoms with Gasteiger partial charge in [0.1, 0.15) is 5.75 Å². The molecule has 1 aromatic carbocycles. The maximum absolute atomic E-state index is 12.2. The molecule has 0 fully saturated rings. The third kappa shape index (κ3) is 3.64. The van der Waals surface area contributed by atoms with E-state index in [1.165, 1.54) is 23.9 Å². The number of hydrogen-bond donors (Lipinski definition) is 0. The average molecular weight is 350 g/mol. The predicted octanol–water partition coefficient (Wildman–Crippen LogP) is 4.20. The minimum atomic E-state index is -2.82. The number of hydrogen-bond acceptors (Lipinski definition) is 5. The molecule has 24 heavy (non-hydrogen) atoms. The maximum Gasteiger partial charge on any atom is 0.387 e. The molecule has 0 N–H and O–H groups in total. The molecule has 0 saturated heterocycles. The Hall–Kier alpha value is -2.22. The molecule has 0 bridgehead atoms. The van der Waals surface area contributed by atoms with E-state index in [0.717, 1.165) is 17.0 Å². The highest BCUT2D eigenvalue weighted by molar-refractivity contribution is 7.99. The third-order valence-electron chi connectivity index (χ3n) is 3.46. The number of halogens is 2. The Morgan fingerprint density at radius 2 is 1.83 bits per heavy atom. The molecule has 126 valence electrons. The van der Waals surface area contributed by atoms with Crippen LogP contribution in [-0.4, -0.2) is 26.2 Å². The molecular formula is C16H16F2N4OS. The van der Waals surface area contributed by atoms with Crippen LogP contribution in [0.1, 0.15) is 29.1 Å². The van der Waals surface area contributed by atoms with E-state index in [0.29, 0.717) is 10.9 Å². The molecule has 5 nitrogen and oxygen atoms in total. The van der Waals surface area contributed by atoms with Gasteiger partial charge in [0.15, 0.2) is 0 Å². The Morgan fingerprint density at radius 3 is 2.50 bits per heavy atom. The number of alkyl halides is 2. The molecule has 2 aromatic heterocycles. The van der Waals surface area contributed by atoms with Crippen LogP contribution < -0.4 is 4.74 Å². The van der Waals surface area contributed by atoms with E-state index >= 15 is 0 Å². The maximum atomic E-state index is 12.2. The van der Waals surface area contributed by atoms with Gasteiger partial charge in [-0.3, -0.25) is 0 Å². The monoisotopic (exact) mass is 350 g/mol. The number of ether oxygens (including phenoxy) is 1.